The standard InChI is InChI=1S/C14H23F3N2O2/c1-4-10(13(20)21)6-7-11(5-2)19-12(9(3)8-18)14(15,16)17/h8,10-11,18-19H,4-7H2,1-3H3,(H,20,21)/b12-9-,18-8?. The normalized spacial score (nSPS) is 15.9. The molecule has 0 aromatic heterocycles. The van der Waals surface area contributed by atoms with Gasteiger partial charge >= 0.3 is 12.1 Å². The average molecular weight is 308 g/mol. The van der Waals surface area contributed by atoms with E-state index in [-0.39, 0.29) is 5.57 Å². The molecular weight excluding hydrogens is 285 g/mol. The van der Waals surface area contributed by atoms with Gasteiger partial charge in [0.25, 0.3) is 0 Å². The first-order valence-electron chi connectivity index (χ1n) is 6.95. The van der Waals surface area contributed by atoms with Gasteiger partial charge in [-0.3, -0.25) is 4.79 Å². The minimum Gasteiger partial charge on any atom is -0.481 e. The van der Waals surface area contributed by atoms with Crippen molar-refractivity contribution in [3.05, 3.63) is 11.3 Å². The Morgan fingerprint density at radius 3 is 2.19 bits per heavy atom. The minimum atomic E-state index is -4.55. The van der Waals surface area contributed by atoms with Gasteiger partial charge < -0.3 is 15.8 Å². The lowest BCUT2D eigenvalue weighted by Gasteiger charge is -2.24. The van der Waals surface area contributed by atoms with Crippen LogP contribution in [0.5, 0.6) is 0 Å². The maximum Gasteiger partial charge on any atom is 0.431 e. The predicted octanol–water partition coefficient (Wildman–Crippen LogP) is 3.73. The van der Waals surface area contributed by atoms with Crippen LogP contribution < -0.4 is 5.32 Å². The Morgan fingerprint density at radius 2 is 1.86 bits per heavy atom. The van der Waals surface area contributed by atoms with E-state index in [1.54, 1.807) is 13.8 Å². The Bertz CT molecular complexity index is 392. The summed E-state index contributed by atoms with van der Waals surface area (Å²) in [5.74, 6) is -1.46. The molecule has 0 spiro atoms. The second kappa shape index (κ2) is 8.69. The maximum absolute atomic E-state index is 12.9. The van der Waals surface area contributed by atoms with E-state index in [0.29, 0.717) is 31.9 Å². The van der Waals surface area contributed by atoms with Gasteiger partial charge in [0.15, 0.2) is 0 Å². The Labute approximate surface area is 122 Å². The molecule has 0 saturated heterocycles. The van der Waals surface area contributed by atoms with E-state index in [0.717, 1.165) is 0 Å². The quantitative estimate of drug-likeness (QED) is 0.568. The summed E-state index contributed by atoms with van der Waals surface area (Å²) in [6.45, 7) is 4.71. The van der Waals surface area contributed by atoms with Crippen LogP contribution in [0.25, 0.3) is 0 Å². The molecule has 0 fully saturated rings. The monoisotopic (exact) mass is 308 g/mol. The van der Waals surface area contributed by atoms with Crippen LogP contribution >= 0.6 is 0 Å². The summed E-state index contributed by atoms with van der Waals surface area (Å²) in [6, 6.07) is -0.468. The third-order valence-electron chi connectivity index (χ3n) is 3.44. The molecule has 2 unspecified atom stereocenters. The molecule has 0 aromatic rings. The molecule has 0 aliphatic rings. The maximum atomic E-state index is 12.9. The second-order valence-corrected chi connectivity index (χ2v) is 4.97. The van der Waals surface area contributed by atoms with Crippen LogP contribution in [-0.4, -0.2) is 29.5 Å². The van der Waals surface area contributed by atoms with Crippen LogP contribution in [0.4, 0.5) is 13.2 Å². The van der Waals surface area contributed by atoms with Crippen LogP contribution in [0.1, 0.15) is 46.5 Å². The van der Waals surface area contributed by atoms with Crippen LogP contribution in [0.2, 0.25) is 0 Å². The highest BCUT2D eigenvalue weighted by Crippen LogP contribution is 2.27. The van der Waals surface area contributed by atoms with Crippen LogP contribution in [0, 0.1) is 11.3 Å². The topological polar surface area (TPSA) is 73.2 Å². The fraction of sp³-hybridized carbons (Fsp3) is 0.714. The lowest BCUT2D eigenvalue weighted by atomic mass is 9.96. The Morgan fingerprint density at radius 1 is 1.29 bits per heavy atom. The van der Waals surface area contributed by atoms with Gasteiger partial charge in [-0.2, -0.15) is 13.2 Å². The first kappa shape index (κ1) is 19.5. The van der Waals surface area contributed by atoms with Crippen molar-refractivity contribution in [1.82, 2.24) is 5.32 Å². The fourth-order valence-electron chi connectivity index (χ4n) is 1.98. The number of aliphatic carboxylic acids is 1. The summed E-state index contributed by atoms with van der Waals surface area (Å²) in [5, 5.41) is 18.4. The van der Waals surface area contributed by atoms with E-state index in [9.17, 15) is 18.0 Å². The molecule has 7 heteroatoms. The van der Waals surface area contributed by atoms with Gasteiger partial charge in [0.2, 0.25) is 0 Å². The first-order chi connectivity index (χ1) is 9.67. The fourth-order valence-corrected chi connectivity index (χ4v) is 1.98. The van der Waals surface area contributed by atoms with Crippen molar-refractivity contribution >= 4 is 12.2 Å². The number of halogens is 3. The molecule has 0 aliphatic carbocycles. The van der Waals surface area contributed by atoms with Crippen molar-refractivity contribution in [1.29, 1.82) is 5.41 Å². The molecule has 0 heterocycles. The zero-order valence-electron chi connectivity index (χ0n) is 12.5. The highest BCUT2D eigenvalue weighted by molar-refractivity contribution is 5.76. The van der Waals surface area contributed by atoms with Crippen molar-refractivity contribution in [3.8, 4) is 0 Å². The molecule has 0 rings (SSSR count). The lowest BCUT2D eigenvalue weighted by Crippen LogP contribution is -2.36. The summed E-state index contributed by atoms with van der Waals surface area (Å²) in [4.78, 5) is 10.9. The summed E-state index contributed by atoms with van der Waals surface area (Å²) in [7, 11) is 0. The van der Waals surface area contributed by atoms with Gasteiger partial charge in [0, 0.05) is 12.3 Å². The summed E-state index contributed by atoms with van der Waals surface area (Å²) in [5.41, 5.74) is -1.11. The Hall–Kier alpha value is -1.53. The van der Waals surface area contributed by atoms with E-state index in [2.05, 4.69) is 5.32 Å². The number of carboxylic acids is 1. The van der Waals surface area contributed by atoms with Crippen molar-refractivity contribution < 1.29 is 23.1 Å². The highest BCUT2D eigenvalue weighted by atomic mass is 19.4. The highest BCUT2D eigenvalue weighted by Gasteiger charge is 2.36. The Balaban J connectivity index is 4.89. The molecule has 0 saturated carbocycles. The molecule has 0 amide bonds. The van der Waals surface area contributed by atoms with Crippen molar-refractivity contribution in [2.45, 2.75) is 58.7 Å². The van der Waals surface area contributed by atoms with E-state index in [4.69, 9.17) is 10.5 Å². The summed E-state index contributed by atoms with van der Waals surface area (Å²) < 4.78 is 38.8. The van der Waals surface area contributed by atoms with Crippen LogP contribution in [0.3, 0.4) is 0 Å². The van der Waals surface area contributed by atoms with Crippen LogP contribution in [-0.2, 0) is 4.79 Å². The van der Waals surface area contributed by atoms with Crippen molar-refractivity contribution in [3.63, 3.8) is 0 Å². The van der Waals surface area contributed by atoms with E-state index in [1.165, 1.54) is 6.92 Å². The molecular formula is C14H23F3N2O2. The minimum absolute atomic E-state index is 0.189. The van der Waals surface area contributed by atoms with Crippen molar-refractivity contribution in [2.75, 3.05) is 0 Å². The van der Waals surface area contributed by atoms with Gasteiger partial charge in [-0.1, -0.05) is 13.8 Å². The summed E-state index contributed by atoms with van der Waals surface area (Å²) >= 11 is 0. The van der Waals surface area contributed by atoms with Gasteiger partial charge in [0.05, 0.1) is 5.92 Å². The molecule has 0 radical (unpaired) electrons. The van der Waals surface area contributed by atoms with E-state index in [1.807, 2.05) is 0 Å². The smallest absolute Gasteiger partial charge is 0.431 e. The number of nitrogens with one attached hydrogen (secondary N) is 2. The Kier molecular flexibility index (Phi) is 8.06. The second-order valence-electron chi connectivity index (χ2n) is 4.97. The van der Waals surface area contributed by atoms with E-state index < -0.39 is 29.8 Å². The van der Waals surface area contributed by atoms with Gasteiger partial charge in [-0.05, 0) is 38.2 Å². The largest absolute Gasteiger partial charge is 0.481 e. The number of carbonyl (C=O) groups is 1. The lowest BCUT2D eigenvalue weighted by molar-refractivity contribution is -0.142. The number of hydrogen-bond acceptors (Lipinski definition) is 3. The predicted molar refractivity (Wildman–Crippen MR) is 75.4 cm³/mol. The zero-order valence-corrected chi connectivity index (χ0v) is 12.5. The number of rotatable bonds is 9. The number of hydrogen-bond donors (Lipinski definition) is 3. The number of alkyl halides is 3. The van der Waals surface area contributed by atoms with Crippen molar-refractivity contribution in [2.24, 2.45) is 5.92 Å². The van der Waals surface area contributed by atoms with Gasteiger partial charge in [-0.25, -0.2) is 0 Å². The SMILES string of the molecule is CCC(CCC(CC)C(=O)O)N/C(=C(/C)C=N)C(F)(F)F. The first-order valence-corrected chi connectivity index (χ1v) is 6.95. The van der Waals surface area contributed by atoms with Gasteiger partial charge in [0.1, 0.15) is 5.70 Å². The summed E-state index contributed by atoms with van der Waals surface area (Å²) in [6.07, 6.45) is -2.33. The molecule has 0 aliphatic heterocycles. The molecule has 0 aromatic carbocycles. The third-order valence-corrected chi connectivity index (χ3v) is 3.44. The molecule has 0 bridgehead atoms. The third kappa shape index (κ3) is 6.64. The molecule has 2 atom stereocenters. The zero-order chi connectivity index (χ0) is 16.6. The molecule has 122 valence electrons. The number of carboxylic acid groups (broad SMARTS) is 1. The van der Waals surface area contributed by atoms with Gasteiger partial charge in [-0.15, -0.1) is 0 Å². The van der Waals surface area contributed by atoms with E-state index >= 15 is 0 Å². The average Bonchev–Trinajstić information content (AvgIpc) is 2.40. The number of allylic oxidation sites excluding steroid dienone is 2. The molecule has 3 N–H and O–H groups in total. The molecule has 21 heavy (non-hydrogen) atoms. The molecule has 4 nitrogen and oxygen atoms in total. The van der Waals surface area contributed by atoms with Crippen LogP contribution in [0.15, 0.2) is 11.3 Å².